The predicted molar refractivity (Wildman–Crippen MR) is 90.0 cm³/mol. The summed E-state index contributed by atoms with van der Waals surface area (Å²) in [5, 5.41) is 2.26. The van der Waals surface area contributed by atoms with E-state index in [0.717, 1.165) is 10.8 Å². The fourth-order valence-corrected chi connectivity index (χ4v) is 2.51. The number of fused-ring (bicyclic) bond motifs is 1. The highest BCUT2D eigenvalue weighted by molar-refractivity contribution is 9.08. The number of benzene rings is 2. The van der Waals surface area contributed by atoms with E-state index in [1.807, 2.05) is 24.3 Å². The quantitative estimate of drug-likeness (QED) is 0.509. The first-order valence-corrected chi connectivity index (χ1v) is 8.00. The molecule has 0 unspecified atom stereocenters. The van der Waals surface area contributed by atoms with Crippen molar-refractivity contribution in [3.05, 3.63) is 60.0 Å². The second kappa shape index (κ2) is 6.75. The normalized spacial score (nSPS) is 10.5. The molecule has 23 heavy (non-hydrogen) atoms. The van der Waals surface area contributed by atoms with Crippen LogP contribution in [0.3, 0.4) is 0 Å². The van der Waals surface area contributed by atoms with Crippen LogP contribution in [0, 0.1) is 0 Å². The molecule has 5 nitrogen and oxygen atoms in total. The second-order valence-electron chi connectivity index (χ2n) is 4.73. The summed E-state index contributed by atoms with van der Waals surface area (Å²) in [6.45, 7) is 0. The van der Waals surface area contributed by atoms with Gasteiger partial charge >= 0.3 is 5.97 Å². The largest absolute Gasteiger partial charge is 0.465 e. The third-order valence-corrected chi connectivity index (χ3v) is 3.78. The molecule has 0 saturated heterocycles. The number of methoxy groups -OCH3 is 1. The molecule has 1 aromatic heterocycles. The van der Waals surface area contributed by atoms with E-state index < -0.39 is 0 Å². The Labute approximate surface area is 141 Å². The van der Waals surface area contributed by atoms with Crippen LogP contribution in [-0.4, -0.2) is 23.0 Å². The molecule has 0 N–H and O–H groups in total. The van der Waals surface area contributed by atoms with E-state index in [9.17, 15) is 4.79 Å². The summed E-state index contributed by atoms with van der Waals surface area (Å²) in [7, 11) is 1.37. The number of nitrogens with zero attached hydrogens (tertiary/aromatic N) is 2. The number of halogens is 1. The zero-order chi connectivity index (χ0) is 16.2. The van der Waals surface area contributed by atoms with Crippen LogP contribution in [-0.2, 0) is 10.1 Å². The standard InChI is InChI=1S/C17H13BrN2O3/c1-22-17(21)14-4-2-3-11-9-12(5-6-13(11)14)23-16-7-8-19-15(10-18)20-16/h2-9H,10H2,1H3. The molecule has 0 radical (unpaired) electrons. The minimum absolute atomic E-state index is 0.359. The molecule has 0 bridgehead atoms. The van der Waals surface area contributed by atoms with Crippen molar-refractivity contribution >= 4 is 32.7 Å². The minimum Gasteiger partial charge on any atom is -0.465 e. The van der Waals surface area contributed by atoms with Gasteiger partial charge in [-0.1, -0.05) is 28.1 Å². The van der Waals surface area contributed by atoms with Crippen LogP contribution in [0.25, 0.3) is 10.8 Å². The summed E-state index contributed by atoms with van der Waals surface area (Å²) in [5.74, 6) is 1.40. The fraction of sp³-hybridized carbons (Fsp3) is 0.118. The lowest BCUT2D eigenvalue weighted by atomic mass is 10.0. The van der Waals surface area contributed by atoms with Gasteiger partial charge in [0.25, 0.3) is 0 Å². The van der Waals surface area contributed by atoms with Crippen molar-refractivity contribution in [1.82, 2.24) is 9.97 Å². The molecule has 116 valence electrons. The molecule has 0 atom stereocenters. The second-order valence-corrected chi connectivity index (χ2v) is 5.29. The van der Waals surface area contributed by atoms with Crippen LogP contribution < -0.4 is 4.74 Å². The van der Waals surface area contributed by atoms with Crippen LogP contribution in [0.15, 0.2) is 48.7 Å². The van der Waals surface area contributed by atoms with Crippen LogP contribution in [0.2, 0.25) is 0 Å². The molecule has 0 amide bonds. The van der Waals surface area contributed by atoms with E-state index in [-0.39, 0.29) is 5.97 Å². The summed E-state index contributed by atoms with van der Waals surface area (Å²) in [5.41, 5.74) is 0.528. The number of carbonyl (C=O) groups is 1. The Bertz CT molecular complexity index is 867. The summed E-state index contributed by atoms with van der Waals surface area (Å²) >= 11 is 3.31. The SMILES string of the molecule is COC(=O)c1cccc2cc(Oc3ccnc(CBr)n3)ccc12. The van der Waals surface area contributed by atoms with Crippen molar-refractivity contribution in [2.45, 2.75) is 5.33 Å². The van der Waals surface area contributed by atoms with Gasteiger partial charge in [0.1, 0.15) is 11.6 Å². The Morgan fingerprint density at radius 1 is 1.22 bits per heavy atom. The number of esters is 1. The van der Waals surface area contributed by atoms with Crippen LogP contribution in [0.4, 0.5) is 0 Å². The van der Waals surface area contributed by atoms with Crippen LogP contribution in [0.5, 0.6) is 11.6 Å². The van der Waals surface area contributed by atoms with E-state index in [1.165, 1.54) is 7.11 Å². The highest BCUT2D eigenvalue weighted by Gasteiger charge is 2.10. The number of alkyl halides is 1. The molecule has 0 fully saturated rings. The summed E-state index contributed by atoms with van der Waals surface area (Å²) < 4.78 is 10.6. The van der Waals surface area contributed by atoms with E-state index in [1.54, 1.807) is 24.4 Å². The molecule has 0 saturated carbocycles. The molecule has 0 aliphatic heterocycles. The highest BCUT2D eigenvalue weighted by atomic mass is 79.9. The van der Waals surface area contributed by atoms with E-state index in [4.69, 9.17) is 9.47 Å². The van der Waals surface area contributed by atoms with Crippen molar-refractivity contribution < 1.29 is 14.3 Å². The van der Waals surface area contributed by atoms with Gasteiger partial charge in [-0.15, -0.1) is 0 Å². The number of rotatable bonds is 4. The number of hydrogen-bond donors (Lipinski definition) is 0. The zero-order valence-electron chi connectivity index (χ0n) is 12.3. The van der Waals surface area contributed by atoms with E-state index in [2.05, 4.69) is 25.9 Å². The molecular weight excluding hydrogens is 360 g/mol. The van der Waals surface area contributed by atoms with Crippen molar-refractivity contribution in [2.75, 3.05) is 7.11 Å². The molecular formula is C17H13BrN2O3. The zero-order valence-corrected chi connectivity index (χ0v) is 13.9. The van der Waals surface area contributed by atoms with Gasteiger partial charge in [0.15, 0.2) is 0 Å². The predicted octanol–water partition coefficient (Wildman–Crippen LogP) is 4.10. The maximum absolute atomic E-state index is 11.8. The minimum atomic E-state index is -0.359. The Morgan fingerprint density at radius 3 is 2.87 bits per heavy atom. The third-order valence-electron chi connectivity index (χ3n) is 3.28. The fourth-order valence-electron chi connectivity index (χ4n) is 2.24. The average molecular weight is 373 g/mol. The lowest BCUT2D eigenvalue weighted by Crippen LogP contribution is -2.01. The maximum Gasteiger partial charge on any atom is 0.338 e. The van der Waals surface area contributed by atoms with Crippen LogP contribution in [0.1, 0.15) is 16.2 Å². The van der Waals surface area contributed by atoms with Gasteiger partial charge in [-0.25, -0.2) is 9.78 Å². The first kappa shape index (κ1) is 15.4. The highest BCUT2D eigenvalue weighted by Crippen LogP contribution is 2.27. The average Bonchev–Trinajstić information content (AvgIpc) is 2.60. The van der Waals surface area contributed by atoms with Gasteiger partial charge < -0.3 is 9.47 Å². The van der Waals surface area contributed by atoms with Gasteiger partial charge in [-0.05, 0) is 35.0 Å². The molecule has 6 heteroatoms. The molecule has 3 rings (SSSR count). The van der Waals surface area contributed by atoms with Crippen molar-refractivity contribution in [3.8, 4) is 11.6 Å². The lowest BCUT2D eigenvalue weighted by molar-refractivity contribution is 0.0603. The Morgan fingerprint density at radius 2 is 2.09 bits per heavy atom. The third kappa shape index (κ3) is 3.32. The molecule has 0 aliphatic rings. The Hall–Kier alpha value is -2.47. The van der Waals surface area contributed by atoms with Gasteiger partial charge in [-0.2, -0.15) is 4.98 Å². The van der Waals surface area contributed by atoms with E-state index >= 15 is 0 Å². The molecule has 0 aliphatic carbocycles. The monoisotopic (exact) mass is 372 g/mol. The van der Waals surface area contributed by atoms with Gasteiger partial charge in [-0.3, -0.25) is 0 Å². The number of carbonyl (C=O) groups excluding carboxylic acids is 1. The van der Waals surface area contributed by atoms with Crippen molar-refractivity contribution in [3.63, 3.8) is 0 Å². The van der Waals surface area contributed by atoms with Gasteiger partial charge in [0.2, 0.25) is 5.88 Å². The smallest absolute Gasteiger partial charge is 0.338 e. The number of hydrogen-bond acceptors (Lipinski definition) is 5. The lowest BCUT2D eigenvalue weighted by Gasteiger charge is -2.08. The first-order valence-electron chi connectivity index (χ1n) is 6.88. The number of ether oxygens (including phenoxy) is 2. The summed E-state index contributed by atoms with van der Waals surface area (Å²) in [4.78, 5) is 20.2. The molecule has 1 heterocycles. The Balaban J connectivity index is 1.95. The van der Waals surface area contributed by atoms with Crippen molar-refractivity contribution in [1.29, 1.82) is 0 Å². The molecule has 0 spiro atoms. The number of aromatic nitrogens is 2. The maximum atomic E-state index is 11.8. The van der Waals surface area contributed by atoms with Gasteiger partial charge in [0.05, 0.1) is 18.0 Å². The topological polar surface area (TPSA) is 61.3 Å². The van der Waals surface area contributed by atoms with Crippen LogP contribution >= 0.6 is 15.9 Å². The van der Waals surface area contributed by atoms with Crippen molar-refractivity contribution in [2.24, 2.45) is 0 Å². The summed E-state index contributed by atoms with van der Waals surface area (Å²) in [6.07, 6.45) is 1.65. The first-order chi connectivity index (χ1) is 11.2. The van der Waals surface area contributed by atoms with E-state index in [0.29, 0.717) is 28.3 Å². The summed E-state index contributed by atoms with van der Waals surface area (Å²) in [6, 6.07) is 12.7. The molecule has 3 aromatic rings. The van der Waals surface area contributed by atoms with Gasteiger partial charge in [0, 0.05) is 12.3 Å². The molecule has 2 aromatic carbocycles. The Kier molecular flexibility index (Phi) is 4.52.